The molecule has 0 unspecified atom stereocenters. The maximum Gasteiger partial charge on any atom is 0.330 e. The van der Waals surface area contributed by atoms with E-state index in [0.717, 1.165) is 5.56 Å². The molecule has 2 rings (SSSR count). The second-order valence-electron chi connectivity index (χ2n) is 3.68. The first-order chi connectivity index (χ1) is 8.69. The molecule has 2 N–H and O–H groups in total. The van der Waals surface area contributed by atoms with Crippen molar-refractivity contribution < 1.29 is 13.9 Å². The zero-order valence-corrected chi connectivity index (χ0v) is 9.92. The molecule has 1 aromatic carbocycles. The van der Waals surface area contributed by atoms with Crippen LogP contribution in [0.15, 0.2) is 46.9 Å². The first-order valence-electron chi connectivity index (χ1n) is 5.41. The number of nitrogen functional groups attached to an aromatic ring is 1. The molecule has 0 aliphatic heterocycles. The smallest absolute Gasteiger partial charge is 0.330 e. The molecule has 1 heterocycles. The summed E-state index contributed by atoms with van der Waals surface area (Å²) >= 11 is 0. The summed E-state index contributed by atoms with van der Waals surface area (Å²) in [4.78, 5) is 10.9. The number of ether oxygens (including phenoxy) is 1. The van der Waals surface area contributed by atoms with Crippen LogP contribution in [0.2, 0.25) is 0 Å². The molecule has 0 spiro atoms. The van der Waals surface area contributed by atoms with E-state index in [0.29, 0.717) is 17.2 Å². The van der Waals surface area contributed by atoms with Crippen LogP contribution in [0.1, 0.15) is 5.76 Å². The number of benzene rings is 1. The third kappa shape index (κ3) is 2.79. The molecule has 2 aromatic rings. The Balaban J connectivity index is 2.20. The van der Waals surface area contributed by atoms with Crippen LogP contribution in [0, 0.1) is 0 Å². The van der Waals surface area contributed by atoms with Gasteiger partial charge in [0, 0.05) is 17.3 Å². The number of esters is 1. The summed E-state index contributed by atoms with van der Waals surface area (Å²) in [7, 11) is 1.33. The lowest BCUT2D eigenvalue weighted by molar-refractivity contribution is -0.134. The van der Waals surface area contributed by atoms with Crippen LogP contribution in [0.4, 0.5) is 5.69 Å². The van der Waals surface area contributed by atoms with E-state index in [4.69, 9.17) is 10.2 Å². The maximum absolute atomic E-state index is 10.9. The van der Waals surface area contributed by atoms with Crippen LogP contribution >= 0.6 is 0 Å². The van der Waals surface area contributed by atoms with Gasteiger partial charge in [0.1, 0.15) is 11.5 Å². The van der Waals surface area contributed by atoms with E-state index in [9.17, 15) is 4.79 Å². The third-order valence-corrected chi connectivity index (χ3v) is 2.38. The van der Waals surface area contributed by atoms with E-state index in [2.05, 4.69) is 4.74 Å². The van der Waals surface area contributed by atoms with Gasteiger partial charge < -0.3 is 14.9 Å². The largest absolute Gasteiger partial charge is 0.466 e. The first kappa shape index (κ1) is 12.0. The Kier molecular flexibility index (Phi) is 3.48. The zero-order chi connectivity index (χ0) is 13.0. The molecule has 18 heavy (non-hydrogen) atoms. The number of furan rings is 1. The van der Waals surface area contributed by atoms with Crippen molar-refractivity contribution in [2.75, 3.05) is 12.8 Å². The average molecular weight is 243 g/mol. The molecule has 0 amide bonds. The van der Waals surface area contributed by atoms with Gasteiger partial charge in [-0.15, -0.1) is 0 Å². The highest BCUT2D eigenvalue weighted by Gasteiger charge is 2.03. The maximum atomic E-state index is 10.9. The van der Waals surface area contributed by atoms with Gasteiger partial charge >= 0.3 is 5.97 Å². The van der Waals surface area contributed by atoms with Gasteiger partial charge in [0.05, 0.1) is 7.11 Å². The predicted octanol–water partition coefficient (Wildman–Crippen LogP) is 2.71. The van der Waals surface area contributed by atoms with Crippen molar-refractivity contribution in [3.63, 3.8) is 0 Å². The van der Waals surface area contributed by atoms with Gasteiger partial charge in [-0.25, -0.2) is 4.79 Å². The number of nitrogens with two attached hydrogens (primary N) is 1. The number of rotatable bonds is 3. The van der Waals surface area contributed by atoms with Gasteiger partial charge in [-0.1, -0.05) is 12.1 Å². The van der Waals surface area contributed by atoms with Crippen LogP contribution in [0.3, 0.4) is 0 Å². The Hall–Kier alpha value is -2.49. The molecule has 1 aromatic heterocycles. The summed E-state index contributed by atoms with van der Waals surface area (Å²) in [5, 5.41) is 0. The summed E-state index contributed by atoms with van der Waals surface area (Å²) in [5.74, 6) is 0.863. The van der Waals surface area contributed by atoms with E-state index < -0.39 is 5.97 Å². The highest BCUT2D eigenvalue weighted by atomic mass is 16.5. The summed E-state index contributed by atoms with van der Waals surface area (Å²) in [5.41, 5.74) is 7.27. The van der Waals surface area contributed by atoms with Crippen LogP contribution in [-0.2, 0) is 9.53 Å². The standard InChI is InChI=1S/C14H13NO3/c1-17-14(16)8-6-12-5-7-13(18-12)10-3-2-4-11(15)9-10/h2-9H,15H2,1H3/b8-6+. The topological polar surface area (TPSA) is 65.5 Å². The second kappa shape index (κ2) is 5.23. The van der Waals surface area contributed by atoms with E-state index >= 15 is 0 Å². The Morgan fingerprint density at radius 3 is 2.89 bits per heavy atom. The van der Waals surface area contributed by atoms with Gasteiger partial charge in [-0.2, -0.15) is 0 Å². The summed E-state index contributed by atoms with van der Waals surface area (Å²) < 4.78 is 10.1. The lowest BCUT2D eigenvalue weighted by atomic mass is 10.1. The molecule has 0 aliphatic rings. The van der Waals surface area contributed by atoms with Crippen molar-refractivity contribution >= 4 is 17.7 Å². The first-order valence-corrected chi connectivity index (χ1v) is 5.41. The Morgan fingerprint density at radius 2 is 2.17 bits per heavy atom. The fraction of sp³-hybridized carbons (Fsp3) is 0.0714. The quantitative estimate of drug-likeness (QED) is 0.511. The molecule has 0 atom stereocenters. The van der Waals surface area contributed by atoms with E-state index in [1.165, 1.54) is 13.2 Å². The number of carbonyl (C=O) groups excluding carboxylic acids is 1. The van der Waals surface area contributed by atoms with Crippen LogP contribution < -0.4 is 5.73 Å². The lowest BCUT2D eigenvalue weighted by Gasteiger charge is -1.97. The monoisotopic (exact) mass is 243 g/mol. The van der Waals surface area contributed by atoms with Crippen molar-refractivity contribution in [3.8, 4) is 11.3 Å². The molecule has 4 nitrogen and oxygen atoms in total. The van der Waals surface area contributed by atoms with Crippen LogP contribution in [0.25, 0.3) is 17.4 Å². The van der Waals surface area contributed by atoms with Crippen molar-refractivity contribution in [3.05, 3.63) is 48.2 Å². The molecule has 0 saturated heterocycles. The highest BCUT2D eigenvalue weighted by Crippen LogP contribution is 2.24. The third-order valence-electron chi connectivity index (χ3n) is 2.38. The minimum absolute atomic E-state index is 0.420. The molecule has 92 valence electrons. The van der Waals surface area contributed by atoms with Crippen molar-refractivity contribution in [2.24, 2.45) is 0 Å². The zero-order valence-electron chi connectivity index (χ0n) is 9.92. The molecular formula is C14H13NO3. The SMILES string of the molecule is COC(=O)/C=C/c1ccc(-c2cccc(N)c2)o1. The summed E-state index contributed by atoms with van der Waals surface area (Å²) in [6.45, 7) is 0. The fourth-order valence-electron chi connectivity index (χ4n) is 1.51. The molecule has 0 aliphatic carbocycles. The molecule has 0 saturated carbocycles. The van der Waals surface area contributed by atoms with E-state index in [-0.39, 0.29) is 0 Å². The number of hydrogen-bond donors (Lipinski definition) is 1. The number of methoxy groups -OCH3 is 1. The van der Waals surface area contributed by atoms with E-state index in [1.54, 1.807) is 12.1 Å². The van der Waals surface area contributed by atoms with Crippen molar-refractivity contribution in [1.29, 1.82) is 0 Å². The van der Waals surface area contributed by atoms with Gasteiger partial charge in [0.25, 0.3) is 0 Å². The highest BCUT2D eigenvalue weighted by molar-refractivity contribution is 5.86. The minimum atomic E-state index is -0.420. The number of anilines is 1. The fourth-order valence-corrected chi connectivity index (χ4v) is 1.51. The predicted molar refractivity (Wildman–Crippen MR) is 69.6 cm³/mol. The number of hydrogen-bond acceptors (Lipinski definition) is 4. The average Bonchev–Trinajstić information content (AvgIpc) is 2.84. The molecule has 4 heteroatoms. The van der Waals surface area contributed by atoms with Crippen LogP contribution in [-0.4, -0.2) is 13.1 Å². The summed E-state index contributed by atoms with van der Waals surface area (Å²) in [6, 6.07) is 11.0. The Bertz CT molecular complexity index is 584. The normalized spacial score (nSPS) is 10.7. The molecular weight excluding hydrogens is 230 g/mol. The van der Waals surface area contributed by atoms with Gasteiger partial charge in [-0.3, -0.25) is 0 Å². The van der Waals surface area contributed by atoms with Crippen molar-refractivity contribution in [1.82, 2.24) is 0 Å². The Labute approximate surface area is 105 Å². The molecule has 0 radical (unpaired) electrons. The second-order valence-corrected chi connectivity index (χ2v) is 3.68. The van der Waals surface area contributed by atoms with Gasteiger partial charge in [0.2, 0.25) is 0 Å². The molecule has 0 fully saturated rings. The number of carbonyl (C=O) groups is 1. The van der Waals surface area contributed by atoms with Crippen molar-refractivity contribution in [2.45, 2.75) is 0 Å². The van der Waals surface area contributed by atoms with E-state index in [1.807, 2.05) is 30.3 Å². The minimum Gasteiger partial charge on any atom is -0.466 e. The van der Waals surface area contributed by atoms with Gasteiger partial charge in [-0.05, 0) is 30.3 Å². The van der Waals surface area contributed by atoms with Gasteiger partial charge in [0.15, 0.2) is 0 Å². The molecule has 0 bridgehead atoms. The lowest BCUT2D eigenvalue weighted by Crippen LogP contribution is -1.92. The summed E-state index contributed by atoms with van der Waals surface area (Å²) in [6.07, 6.45) is 2.86. The van der Waals surface area contributed by atoms with Crippen LogP contribution in [0.5, 0.6) is 0 Å². The Morgan fingerprint density at radius 1 is 1.33 bits per heavy atom.